The maximum Gasteiger partial charge on any atom is 0.224 e. The lowest BCUT2D eigenvalue weighted by molar-refractivity contribution is -0.116. The molecule has 0 aliphatic rings. The highest BCUT2D eigenvalue weighted by Crippen LogP contribution is 2.10. The fraction of sp³-hybridized carbons (Fsp3) is 0.333. The Kier molecular flexibility index (Phi) is 5.44. The SMILES string of the molecule is CSCCCC(=O)Nc1cccc(C#N)c1. The van der Waals surface area contributed by atoms with Crippen LogP contribution in [0.2, 0.25) is 0 Å². The van der Waals surface area contributed by atoms with E-state index in [-0.39, 0.29) is 5.91 Å². The first-order valence-electron chi connectivity index (χ1n) is 5.05. The second kappa shape index (κ2) is 6.91. The van der Waals surface area contributed by atoms with Crippen molar-refractivity contribution in [2.45, 2.75) is 12.8 Å². The topological polar surface area (TPSA) is 52.9 Å². The van der Waals surface area contributed by atoms with E-state index in [9.17, 15) is 4.79 Å². The van der Waals surface area contributed by atoms with Crippen molar-refractivity contribution in [1.82, 2.24) is 0 Å². The van der Waals surface area contributed by atoms with Crippen LogP contribution in [0, 0.1) is 11.3 Å². The molecule has 1 aromatic carbocycles. The summed E-state index contributed by atoms with van der Waals surface area (Å²) in [7, 11) is 0. The van der Waals surface area contributed by atoms with Crippen molar-refractivity contribution in [3.8, 4) is 6.07 Å². The number of hydrogen-bond acceptors (Lipinski definition) is 3. The Bertz CT molecular complexity index is 398. The average molecular weight is 234 g/mol. The Balaban J connectivity index is 2.47. The molecule has 1 rings (SSSR count). The zero-order valence-corrected chi connectivity index (χ0v) is 10.0. The minimum atomic E-state index is 0.00383. The van der Waals surface area contributed by atoms with E-state index in [0.29, 0.717) is 17.7 Å². The van der Waals surface area contributed by atoms with Gasteiger partial charge in [-0.25, -0.2) is 0 Å². The summed E-state index contributed by atoms with van der Waals surface area (Å²) >= 11 is 1.73. The number of carbonyl (C=O) groups is 1. The van der Waals surface area contributed by atoms with E-state index in [1.807, 2.05) is 12.3 Å². The van der Waals surface area contributed by atoms with E-state index >= 15 is 0 Å². The molecule has 0 fully saturated rings. The van der Waals surface area contributed by atoms with Gasteiger partial charge in [-0.1, -0.05) is 6.07 Å². The summed E-state index contributed by atoms with van der Waals surface area (Å²) in [4.78, 5) is 11.5. The van der Waals surface area contributed by atoms with E-state index in [2.05, 4.69) is 5.32 Å². The summed E-state index contributed by atoms with van der Waals surface area (Å²) in [6, 6.07) is 8.97. The molecule has 1 N–H and O–H groups in total. The van der Waals surface area contributed by atoms with Gasteiger partial charge in [0, 0.05) is 12.1 Å². The third-order valence-electron chi connectivity index (χ3n) is 2.03. The van der Waals surface area contributed by atoms with Crippen molar-refractivity contribution >= 4 is 23.4 Å². The first-order chi connectivity index (χ1) is 7.76. The van der Waals surface area contributed by atoms with E-state index in [1.54, 1.807) is 36.0 Å². The summed E-state index contributed by atoms with van der Waals surface area (Å²) in [5, 5.41) is 11.5. The minimum absolute atomic E-state index is 0.00383. The highest BCUT2D eigenvalue weighted by atomic mass is 32.2. The average Bonchev–Trinajstić information content (AvgIpc) is 2.29. The molecule has 0 aromatic heterocycles. The van der Waals surface area contributed by atoms with Crippen molar-refractivity contribution in [2.75, 3.05) is 17.3 Å². The first-order valence-corrected chi connectivity index (χ1v) is 6.44. The van der Waals surface area contributed by atoms with Gasteiger partial charge < -0.3 is 5.32 Å². The molecule has 1 aromatic rings. The molecule has 0 saturated heterocycles. The molecule has 0 radical (unpaired) electrons. The Morgan fingerprint density at radius 3 is 3.06 bits per heavy atom. The quantitative estimate of drug-likeness (QED) is 0.797. The van der Waals surface area contributed by atoms with E-state index in [4.69, 9.17) is 5.26 Å². The Hall–Kier alpha value is -1.47. The van der Waals surface area contributed by atoms with Crippen molar-refractivity contribution < 1.29 is 4.79 Å². The summed E-state index contributed by atoms with van der Waals surface area (Å²) in [6.45, 7) is 0. The molecule has 4 heteroatoms. The molecule has 0 aliphatic heterocycles. The highest BCUT2D eigenvalue weighted by Gasteiger charge is 2.02. The lowest BCUT2D eigenvalue weighted by atomic mass is 10.2. The number of nitrogens with one attached hydrogen (secondary N) is 1. The van der Waals surface area contributed by atoms with Crippen LogP contribution in [0.25, 0.3) is 0 Å². The molecule has 0 saturated carbocycles. The summed E-state index contributed by atoms with van der Waals surface area (Å²) in [5.74, 6) is 0.996. The van der Waals surface area contributed by atoms with Crippen LogP contribution in [0.4, 0.5) is 5.69 Å². The standard InChI is InChI=1S/C12H14N2OS/c1-16-7-3-6-12(15)14-11-5-2-4-10(8-11)9-13/h2,4-5,8H,3,6-7H2,1H3,(H,14,15). The largest absolute Gasteiger partial charge is 0.326 e. The van der Waals surface area contributed by atoms with Crippen LogP contribution in [0.15, 0.2) is 24.3 Å². The second-order valence-corrected chi connectivity index (χ2v) is 4.32. The van der Waals surface area contributed by atoms with Crippen LogP contribution in [-0.2, 0) is 4.79 Å². The van der Waals surface area contributed by atoms with Crippen LogP contribution in [0.3, 0.4) is 0 Å². The Morgan fingerprint density at radius 2 is 2.38 bits per heavy atom. The summed E-state index contributed by atoms with van der Waals surface area (Å²) < 4.78 is 0. The number of nitriles is 1. The number of carbonyl (C=O) groups excluding carboxylic acids is 1. The number of amides is 1. The third kappa shape index (κ3) is 4.37. The number of benzene rings is 1. The number of nitrogens with zero attached hydrogens (tertiary/aromatic N) is 1. The van der Waals surface area contributed by atoms with Gasteiger partial charge in [0.25, 0.3) is 0 Å². The molecule has 0 spiro atoms. The first kappa shape index (κ1) is 12.6. The normalized spacial score (nSPS) is 9.50. The van der Waals surface area contributed by atoms with Crippen LogP contribution in [-0.4, -0.2) is 17.9 Å². The molecule has 0 unspecified atom stereocenters. The number of thioether (sulfide) groups is 1. The van der Waals surface area contributed by atoms with Crippen LogP contribution >= 0.6 is 11.8 Å². The minimum Gasteiger partial charge on any atom is -0.326 e. The fourth-order valence-electron chi connectivity index (χ4n) is 1.27. The van der Waals surface area contributed by atoms with Gasteiger partial charge in [0.15, 0.2) is 0 Å². The van der Waals surface area contributed by atoms with Gasteiger partial charge >= 0.3 is 0 Å². The molecule has 3 nitrogen and oxygen atoms in total. The maximum absolute atomic E-state index is 11.5. The van der Waals surface area contributed by atoms with Crippen molar-refractivity contribution in [2.24, 2.45) is 0 Å². The van der Waals surface area contributed by atoms with Gasteiger partial charge in [-0.15, -0.1) is 0 Å². The molecule has 84 valence electrons. The van der Waals surface area contributed by atoms with Crippen LogP contribution in [0.1, 0.15) is 18.4 Å². The van der Waals surface area contributed by atoms with Crippen molar-refractivity contribution in [3.63, 3.8) is 0 Å². The predicted molar refractivity (Wildman–Crippen MR) is 67.4 cm³/mol. The maximum atomic E-state index is 11.5. The molecule has 0 bridgehead atoms. The molecular formula is C12H14N2OS. The monoisotopic (exact) mass is 234 g/mol. The van der Waals surface area contributed by atoms with Gasteiger partial charge in [-0.3, -0.25) is 4.79 Å². The van der Waals surface area contributed by atoms with Gasteiger partial charge in [-0.05, 0) is 36.6 Å². The molecule has 0 heterocycles. The van der Waals surface area contributed by atoms with Crippen molar-refractivity contribution in [3.05, 3.63) is 29.8 Å². The molecule has 0 atom stereocenters. The predicted octanol–water partition coefficient (Wildman–Crippen LogP) is 2.64. The smallest absolute Gasteiger partial charge is 0.224 e. The molecular weight excluding hydrogens is 220 g/mol. The Labute approximate surface area is 99.8 Å². The Morgan fingerprint density at radius 1 is 1.56 bits per heavy atom. The van der Waals surface area contributed by atoms with Crippen molar-refractivity contribution in [1.29, 1.82) is 5.26 Å². The summed E-state index contributed by atoms with van der Waals surface area (Å²) in [5.41, 5.74) is 1.25. The van der Waals surface area contributed by atoms with E-state index in [0.717, 1.165) is 12.2 Å². The lowest BCUT2D eigenvalue weighted by Gasteiger charge is -2.04. The molecule has 16 heavy (non-hydrogen) atoms. The molecule has 0 aliphatic carbocycles. The summed E-state index contributed by atoms with van der Waals surface area (Å²) in [6.07, 6.45) is 3.43. The highest BCUT2D eigenvalue weighted by molar-refractivity contribution is 7.98. The van der Waals surface area contributed by atoms with Crippen LogP contribution in [0.5, 0.6) is 0 Å². The molecule has 1 amide bonds. The van der Waals surface area contributed by atoms with Gasteiger partial charge in [0.05, 0.1) is 11.6 Å². The van der Waals surface area contributed by atoms with E-state index in [1.165, 1.54) is 0 Å². The zero-order valence-electron chi connectivity index (χ0n) is 9.19. The zero-order chi connectivity index (χ0) is 11.8. The number of hydrogen-bond donors (Lipinski definition) is 1. The fourth-order valence-corrected chi connectivity index (χ4v) is 1.70. The van der Waals surface area contributed by atoms with Gasteiger partial charge in [0.2, 0.25) is 5.91 Å². The third-order valence-corrected chi connectivity index (χ3v) is 2.72. The van der Waals surface area contributed by atoms with E-state index < -0.39 is 0 Å². The second-order valence-electron chi connectivity index (χ2n) is 3.34. The van der Waals surface area contributed by atoms with Crippen LogP contribution < -0.4 is 5.32 Å². The lowest BCUT2D eigenvalue weighted by Crippen LogP contribution is -2.11. The van der Waals surface area contributed by atoms with Gasteiger partial charge in [0.1, 0.15) is 0 Å². The number of rotatable bonds is 5. The number of anilines is 1. The van der Waals surface area contributed by atoms with Gasteiger partial charge in [-0.2, -0.15) is 17.0 Å².